The molecular formula is C26H26N2O5S. The summed E-state index contributed by atoms with van der Waals surface area (Å²) in [5.74, 6) is -1.13. The van der Waals surface area contributed by atoms with Gasteiger partial charge in [-0.2, -0.15) is 0 Å². The number of rotatable bonds is 7. The number of amides is 1. The molecule has 1 aliphatic rings. The highest BCUT2D eigenvalue weighted by molar-refractivity contribution is 8.00. The van der Waals surface area contributed by atoms with Gasteiger partial charge in [0.05, 0.1) is 10.5 Å². The van der Waals surface area contributed by atoms with Crippen LogP contribution < -0.4 is 0 Å². The van der Waals surface area contributed by atoms with Gasteiger partial charge in [0.15, 0.2) is 0 Å². The Morgan fingerprint density at radius 3 is 2.44 bits per heavy atom. The van der Waals surface area contributed by atoms with Gasteiger partial charge in [-0.05, 0) is 29.7 Å². The average molecular weight is 479 g/mol. The summed E-state index contributed by atoms with van der Waals surface area (Å²) < 4.78 is 14.9. The first-order chi connectivity index (χ1) is 16.3. The van der Waals surface area contributed by atoms with Gasteiger partial charge >= 0.3 is 5.97 Å². The van der Waals surface area contributed by atoms with Crippen LogP contribution in [-0.4, -0.2) is 49.4 Å². The molecule has 0 spiro atoms. The van der Waals surface area contributed by atoms with E-state index in [0.29, 0.717) is 40.2 Å². The normalized spacial score (nSPS) is 14.1. The number of nitrogens with zero attached hydrogens (tertiary/aromatic N) is 2. The molecule has 0 radical (unpaired) electrons. The van der Waals surface area contributed by atoms with Crippen LogP contribution in [0.3, 0.4) is 0 Å². The highest BCUT2D eigenvalue weighted by atomic mass is 32.2. The van der Waals surface area contributed by atoms with E-state index in [1.165, 1.54) is 0 Å². The Balaban J connectivity index is 1.71. The van der Waals surface area contributed by atoms with Gasteiger partial charge in [-0.1, -0.05) is 48.5 Å². The molecular weight excluding hydrogens is 452 g/mol. The van der Waals surface area contributed by atoms with Gasteiger partial charge in [0.1, 0.15) is 17.3 Å². The Morgan fingerprint density at radius 2 is 1.74 bits per heavy atom. The molecule has 0 saturated carbocycles. The number of likely N-dealkylation sites (N-methyl/N-ethyl adjacent to an activating group) is 1. The van der Waals surface area contributed by atoms with Gasteiger partial charge in [0, 0.05) is 44.2 Å². The van der Waals surface area contributed by atoms with Crippen molar-refractivity contribution in [2.75, 3.05) is 13.6 Å². The minimum absolute atomic E-state index is 0.0640. The van der Waals surface area contributed by atoms with Crippen LogP contribution in [0, 0.1) is 6.92 Å². The first-order valence-electron chi connectivity index (χ1n) is 11.0. The molecule has 1 aliphatic heterocycles. The van der Waals surface area contributed by atoms with Crippen molar-refractivity contribution in [1.29, 1.82) is 0 Å². The molecule has 1 amide bonds. The summed E-state index contributed by atoms with van der Waals surface area (Å²) in [6, 6.07) is 16.2. The van der Waals surface area contributed by atoms with Gasteiger partial charge in [0.2, 0.25) is 5.12 Å². The second kappa shape index (κ2) is 9.77. The standard InChI is InChI=1S/C26H26N2O5S/c1-17-20(25-21(28(17)16-23(29)30)12-13-27(2)26(25)32)15-19-10-6-7-11-22(19)34(33)24(31)14-18-8-4-3-5-9-18/h3-11H,12-16H2,1-2H3,(H,29,30). The minimum Gasteiger partial charge on any atom is -0.480 e. The Hall–Kier alpha value is -3.52. The van der Waals surface area contributed by atoms with Crippen LogP contribution in [0.15, 0.2) is 59.5 Å². The lowest BCUT2D eigenvalue weighted by molar-refractivity contribution is -0.137. The summed E-state index contributed by atoms with van der Waals surface area (Å²) in [6.07, 6.45) is 0.907. The van der Waals surface area contributed by atoms with E-state index in [9.17, 15) is 23.7 Å². The molecule has 3 aromatic rings. The number of carboxylic acids is 1. The maximum Gasteiger partial charge on any atom is 0.323 e. The van der Waals surface area contributed by atoms with E-state index in [-0.39, 0.29) is 25.3 Å². The lowest BCUT2D eigenvalue weighted by Crippen LogP contribution is -2.35. The van der Waals surface area contributed by atoms with Crippen LogP contribution in [-0.2, 0) is 46.2 Å². The van der Waals surface area contributed by atoms with Crippen molar-refractivity contribution >= 4 is 27.8 Å². The summed E-state index contributed by atoms with van der Waals surface area (Å²) in [5.41, 5.74) is 4.13. The zero-order valence-corrected chi connectivity index (χ0v) is 19.9. The van der Waals surface area contributed by atoms with Crippen molar-refractivity contribution in [3.8, 4) is 0 Å². The third-order valence-corrected chi connectivity index (χ3v) is 7.59. The van der Waals surface area contributed by atoms with E-state index in [1.54, 1.807) is 34.7 Å². The molecule has 0 saturated heterocycles. The van der Waals surface area contributed by atoms with Crippen LogP contribution in [0.25, 0.3) is 0 Å². The monoisotopic (exact) mass is 478 g/mol. The van der Waals surface area contributed by atoms with Crippen molar-refractivity contribution < 1.29 is 23.7 Å². The smallest absolute Gasteiger partial charge is 0.323 e. The van der Waals surface area contributed by atoms with Crippen LogP contribution in [0.5, 0.6) is 0 Å². The largest absolute Gasteiger partial charge is 0.480 e. The van der Waals surface area contributed by atoms with Crippen molar-refractivity contribution in [1.82, 2.24) is 9.47 Å². The fourth-order valence-corrected chi connectivity index (χ4v) is 5.59. The van der Waals surface area contributed by atoms with Gasteiger partial charge in [-0.15, -0.1) is 0 Å². The predicted octanol–water partition coefficient (Wildman–Crippen LogP) is 2.98. The number of carbonyl (C=O) groups is 3. The topological polar surface area (TPSA) is 96.7 Å². The van der Waals surface area contributed by atoms with Gasteiger partial charge in [-0.3, -0.25) is 14.4 Å². The molecule has 1 aromatic heterocycles. The molecule has 34 heavy (non-hydrogen) atoms. The van der Waals surface area contributed by atoms with Crippen LogP contribution in [0.4, 0.5) is 0 Å². The molecule has 176 valence electrons. The number of hydrogen-bond donors (Lipinski definition) is 1. The fourth-order valence-electron chi connectivity index (χ4n) is 4.47. The average Bonchev–Trinajstić information content (AvgIpc) is 3.07. The molecule has 8 heteroatoms. The van der Waals surface area contributed by atoms with Crippen molar-refractivity contribution in [3.63, 3.8) is 0 Å². The number of hydrogen-bond acceptors (Lipinski definition) is 4. The summed E-state index contributed by atoms with van der Waals surface area (Å²) in [4.78, 5) is 39.4. The summed E-state index contributed by atoms with van der Waals surface area (Å²) in [5, 5.41) is 9.02. The first kappa shape index (κ1) is 23.6. The highest BCUT2D eigenvalue weighted by Gasteiger charge is 2.32. The lowest BCUT2D eigenvalue weighted by Gasteiger charge is -2.24. The van der Waals surface area contributed by atoms with Crippen LogP contribution in [0.1, 0.15) is 38.4 Å². The van der Waals surface area contributed by atoms with Gasteiger partial charge in [0.25, 0.3) is 5.91 Å². The Bertz CT molecular complexity index is 1300. The molecule has 7 nitrogen and oxygen atoms in total. The molecule has 2 aromatic carbocycles. The molecule has 4 rings (SSSR count). The lowest BCUT2D eigenvalue weighted by atomic mass is 9.97. The number of carbonyl (C=O) groups excluding carboxylic acids is 2. The van der Waals surface area contributed by atoms with E-state index >= 15 is 0 Å². The number of carboxylic acid groups (broad SMARTS) is 1. The van der Waals surface area contributed by atoms with Crippen LogP contribution >= 0.6 is 0 Å². The first-order valence-corrected chi connectivity index (χ1v) is 12.2. The summed E-state index contributed by atoms with van der Waals surface area (Å²) in [6.45, 7) is 2.10. The fraction of sp³-hybridized carbons (Fsp3) is 0.269. The molecule has 0 bridgehead atoms. The minimum atomic E-state index is -1.88. The Morgan fingerprint density at radius 1 is 1.06 bits per heavy atom. The molecule has 0 aliphatic carbocycles. The number of fused-ring (bicyclic) bond motifs is 1. The molecule has 1 unspecified atom stereocenters. The van der Waals surface area contributed by atoms with Crippen LogP contribution in [0.2, 0.25) is 0 Å². The van der Waals surface area contributed by atoms with E-state index in [1.807, 2.05) is 43.3 Å². The summed E-state index contributed by atoms with van der Waals surface area (Å²) in [7, 11) is -0.149. The second-order valence-corrected chi connectivity index (χ2v) is 9.86. The van der Waals surface area contributed by atoms with Gasteiger partial charge in [-0.25, -0.2) is 4.21 Å². The molecule has 1 atom stereocenters. The van der Waals surface area contributed by atoms with E-state index in [0.717, 1.165) is 11.3 Å². The van der Waals surface area contributed by atoms with Crippen molar-refractivity contribution in [3.05, 3.63) is 88.2 Å². The number of aliphatic carboxylic acids is 1. The highest BCUT2D eigenvalue weighted by Crippen LogP contribution is 2.31. The third-order valence-electron chi connectivity index (χ3n) is 6.23. The third kappa shape index (κ3) is 4.59. The zero-order valence-electron chi connectivity index (χ0n) is 19.1. The molecule has 0 fully saturated rings. The van der Waals surface area contributed by atoms with Gasteiger partial charge < -0.3 is 14.6 Å². The van der Waals surface area contributed by atoms with Crippen molar-refractivity contribution in [2.24, 2.45) is 0 Å². The second-order valence-electron chi connectivity index (χ2n) is 8.43. The Kier molecular flexibility index (Phi) is 6.79. The number of aromatic nitrogens is 1. The number of benzene rings is 2. The SMILES string of the molecule is Cc1c(Cc2ccccc2S(=O)C(=O)Cc2ccccc2)c2c(n1CC(=O)O)CCN(C)C2=O. The van der Waals surface area contributed by atoms with E-state index in [2.05, 4.69) is 0 Å². The summed E-state index contributed by atoms with van der Waals surface area (Å²) >= 11 is 0. The van der Waals surface area contributed by atoms with E-state index in [4.69, 9.17) is 0 Å². The molecule has 1 N–H and O–H groups in total. The van der Waals surface area contributed by atoms with Crippen molar-refractivity contribution in [2.45, 2.75) is 37.6 Å². The maximum absolute atomic E-state index is 13.2. The zero-order chi connectivity index (χ0) is 24.4. The van der Waals surface area contributed by atoms with E-state index < -0.39 is 21.9 Å². The maximum atomic E-state index is 13.2. The Labute approximate surface area is 200 Å². The quantitative estimate of drug-likeness (QED) is 0.563. The predicted molar refractivity (Wildman–Crippen MR) is 128 cm³/mol. The molecule has 2 heterocycles.